The number of nitrogens with zero attached hydrogens (tertiary/aromatic N) is 2. The summed E-state index contributed by atoms with van der Waals surface area (Å²) in [5, 5.41) is 11.2. The fraction of sp³-hybridized carbons (Fsp3) is 0.200. The summed E-state index contributed by atoms with van der Waals surface area (Å²) in [5.74, 6) is -1.13. The van der Waals surface area contributed by atoms with E-state index in [0.29, 0.717) is 11.4 Å². The van der Waals surface area contributed by atoms with Gasteiger partial charge in [-0.25, -0.2) is 0 Å². The summed E-state index contributed by atoms with van der Waals surface area (Å²) in [4.78, 5) is 21.9. The topological polar surface area (TPSA) is 91.1 Å². The van der Waals surface area contributed by atoms with Gasteiger partial charge in [0.25, 0.3) is 0 Å². The fourth-order valence-corrected chi connectivity index (χ4v) is 3.01. The van der Waals surface area contributed by atoms with E-state index in [1.807, 2.05) is 6.07 Å². The Morgan fingerprint density at radius 3 is 2.94 bits per heavy atom. The molecule has 1 aliphatic rings. The molecule has 1 aromatic carbocycles. The summed E-state index contributed by atoms with van der Waals surface area (Å²) in [6.45, 7) is 0. The Balaban J connectivity index is 1.94. The zero-order valence-electron chi connectivity index (χ0n) is 9.12. The molecule has 0 atom stereocenters. The summed E-state index contributed by atoms with van der Waals surface area (Å²) >= 11 is 0.923. The van der Waals surface area contributed by atoms with E-state index in [1.165, 1.54) is 0 Å². The third-order valence-corrected chi connectivity index (χ3v) is 4.07. The molecule has 0 saturated heterocycles. The molecule has 0 spiro atoms. The van der Waals surface area contributed by atoms with Crippen LogP contribution in [0.5, 0.6) is 0 Å². The minimum atomic E-state index is -0.926. The standard InChI is InChI=1S/C10H9N3O3SSe/c14-8(4-17-5-9(15)16)11-6-2-1-3-7-10(6)13-18-12-7/h1-3H,4-5H2,(H,11,14)(H,15,16). The van der Waals surface area contributed by atoms with Gasteiger partial charge in [-0.3, -0.25) is 0 Å². The Morgan fingerprint density at radius 1 is 1.33 bits per heavy atom. The van der Waals surface area contributed by atoms with Crippen LogP contribution >= 0.6 is 11.8 Å². The van der Waals surface area contributed by atoms with Crippen LogP contribution in [0.25, 0.3) is 0 Å². The van der Waals surface area contributed by atoms with Gasteiger partial charge >= 0.3 is 113 Å². The van der Waals surface area contributed by atoms with Gasteiger partial charge < -0.3 is 0 Å². The maximum atomic E-state index is 11.6. The first kappa shape index (κ1) is 13.1. The number of amides is 1. The molecule has 6 nitrogen and oxygen atoms in total. The molecule has 1 aromatic rings. The molecular formula is C10H9N3O3SSe. The Hall–Kier alpha value is -1.37. The molecule has 8 heteroatoms. The quantitative estimate of drug-likeness (QED) is 0.818. The summed E-state index contributed by atoms with van der Waals surface area (Å²) in [7, 11) is 0. The molecular weight excluding hydrogens is 321 g/mol. The number of nitrogens with one attached hydrogen (secondary N) is 1. The van der Waals surface area contributed by atoms with Crippen LogP contribution in [-0.4, -0.2) is 43.1 Å². The van der Waals surface area contributed by atoms with Gasteiger partial charge in [-0.05, 0) is 0 Å². The van der Waals surface area contributed by atoms with Crippen molar-refractivity contribution in [3.63, 3.8) is 0 Å². The van der Waals surface area contributed by atoms with Crippen molar-refractivity contribution in [1.82, 2.24) is 0 Å². The average Bonchev–Trinajstić information content (AvgIpc) is 2.77. The number of fused-ring (bicyclic) bond motifs is 1. The maximum absolute atomic E-state index is 11.6. The third kappa shape index (κ3) is 3.32. The summed E-state index contributed by atoms with van der Waals surface area (Å²) in [6.07, 6.45) is 0. The number of carbonyl (C=O) groups excluding carboxylic acids is 1. The molecule has 0 unspecified atom stereocenters. The van der Waals surface area contributed by atoms with Crippen LogP contribution in [0.2, 0.25) is 0 Å². The molecule has 2 rings (SSSR count). The van der Waals surface area contributed by atoms with Crippen LogP contribution in [0.15, 0.2) is 26.1 Å². The second kappa shape index (κ2) is 5.99. The Morgan fingerprint density at radius 2 is 2.17 bits per heavy atom. The SMILES string of the molecule is O=C(O)CSCC(=O)Nc1cccc2c1N=[Se]=N2. The summed E-state index contributed by atoms with van der Waals surface area (Å²) in [5.41, 5.74) is 2.15. The Bertz CT molecular complexity index is 569. The second-order valence-corrected chi connectivity index (χ2v) is 5.47. The van der Waals surface area contributed by atoms with Crippen LogP contribution < -0.4 is 5.32 Å². The number of benzene rings is 1. The van der Waals surface area contributed by atoms with E-state index in [1.54, 1.807) is 12.1 Å². The molecule has 0 bridgehead atoms. The van der Waals surface area contributed by atoms with E-state index in [4.69, 9.17) is 5.11 Å². The average molecular weight is 330 g/mol. The van der Waals surface area contributed by atoms with Crippen molar-refractivity contribution in [2.75, 3.05) is 16.8 Å². The number of hydrogen-bond acceptors (Lipinski definition) is 5. The van der Waals surface area contributed by atoms with Crippen LogP contribution in [0.3, 0.4) is 0 Å². The molecule has 0 aromatic heterocycles. The number of carboxylic acid groups (broad SMARTS) is 1. The van der Waals surface area contributed by atoms with E-state index in [9.17, 15) is 9.59 Å². The van der Waals surface area contributed by atoms with Crippen molar-refractivity contribution in [2.24, 2.45) is 7.92 Å². The number of rotatable bonds is 5. The van der Waals surface area contributed by atoms with E-state index in [0.717, 1.165) is 17.4 Å². The van der Waals surface area contributed by atoms with Gasteiger partial charge in [0.1, 0.15) is 0 Å². The Kier molecular flexibility index (Phi) is 4.35. The molecule has 1 aliphatic heterocycles. The van der Waals surface area contributed by atoms with E-state index in [-0.39, 0.29) is 32.0 Å². The first-order valence-corrected chi connectivity index (χ1v) is 7.66. The first-order valence-electron chi connectivity index (χ1n) is 4.97. The van der Waals surface area contributed by atoms with Gasteiger partial charge in [0.15, 0.2) is 0 Å². The van der Waals surface area contributed by atoms with Crippen molar-refractivity contribution in [3.8, 4) is 0 Å². The number of anilines is 1. The molecule has 1 heterocycles. The molecule has 0 saturated carbocycles. The molecule has 0 fully saturated rings. The Labute approximate surface area is 113 Å². The molecule has 94 valence electrons. The molecule has 0 aliphatic carbocycles. The zero-order valence-corrected chi connectivity index (χ0v) is 11.7. The van der Waals surface area contributed by atoms with Crippen LogP contribution in [-0.2, 0) is 9.59 Å². The van der Waals surface area contributed by atoms with Crippen molar-refractivity contribution >= 4 is 55.3 Å². The summed E-state index contributed by atoms with van der Waals surface area (Å²) in [6, 6.07) is 5.42. The number of carbonyl (C=O) groups is 2. The second-order valence-electron chi connectivity index (χ2n) is 3.37. The minimum absolute atomic E-state index is 0.0802. The number of aliphatic carboxylic acids is 1. The molecule has 1 amide bonds. The predicted molar refractivity (Wildman–Crippen MR) is 70.0 cm³/mol. The van der Waals surface area contributed by atoms with Crippen molar-refractivity contribution in [3.05, 3.63) is 18.2 Å². The van der Waals surface area contributed by atoms with Crippen LogP contribution in [0.4, 0.5) is 17.1 Å². The number of thioether (sulfide) groups is 1. The number of carboxylic acids is 1. The fourth-order valence-electron chi connectivity index (χ4n) is 1.32. The van der Waals surface area contributed by atoms with Gasteiger partial charge in [-0.15, -0.1) is 0 Å². The van der Waals surface area contributed by atoms with Crippen LogP contribution in [0, 0.1) is 0 Å². The normalized spacial score (nSPS) is 11.8. The van der Waals surface area contributed by atoms with Crippen molar-refractivity contribution in [2.45, 2.75) is 0 Å². The van der Waals surface area contributed by atoms with Gasteiger partial charge in [0.2, 0.25) is 0 Å². The predicted octanol–water partition coefficient (Wildman–Crippen LogP) is 1.79. The molecule has 2 N–H and O–H groups in total. The van der Waals surface area contributed by atoms with Crippen molar-refractivity contribution in [1.29, 1.82) is 0 Å². The third-order valence-electron chi connectivity index (χ3n) is 2.02. The van der Waals surface area contributed by atoms with Gasteiger partial charge in [-0.1, -0.05) is 0 Å². The van der Waals surface area contributed by atoms with E-state index < -0.39 is 5.97 Å². The van der Waals surface area contributed by atoms with E-state index >= 15 is 0 Å². The van der Waals surface area contributed by atoms with E-state index in [2.05, 4.69) is 13.2 Å². The van der Waals surface area contributed by atoms with Crippen LogP contribution in [0.1, 0.15) is 0 Å². The summed E-state index contributed by atoms with van der Waals surface area (Å²) < 4.78 is 8.46. The number of hydrogen-bond donors (Lipinski definition) is 2. The van der Waals surface area contributed by atoms with Gasteiger partial charge in [0, 0.05) is 0 Å². The monoisotopic (exact) mass is 331 g/mol. The zero-order chi connectivity index (χ0) is 13.0. The van der Waals surface area contributed by atoms with Gasteiger partial charge in [-0.2, -0.15) is 0 Å². The van der Waals surface area contributed by atoms with Crippen molar-refractivity contribution < 1.29 is 14.7 Å². The first-order chi connectivity index (χ1) is 8.66. The van der Waals surface area contributed by atoms with Gasteiger partial charge in [0.05, 0.1) is 0 Å². The molecule has 0 radical (unpaired) electrons. The molecule has 18 heavy (non-hydrogen) atoms.